The van der Waals surface area contributed by atoms with Gasteiger partial charge in [0.05, 0.1) is 6.04 Å². The van der Waals surface area contributed by atoms with Crippen LogP contribution in [-0.4, -0.2) is 31.6 Å². The first-order valence-electron chi connectivity index (χ1n) is 5.65. The number of hydrogen-bond donors (Lipinski definition) is 3. The minimum absolute atomic E-state index is 0.0158. The molecule has 1 heterocycles. The van der Waals surface area contributed by atoms with Crippen molar-refractivity contribution in [1.82, 2.24) is 10.6 Å². The molecule has 3 N–H and O–H groups in total. The fourth-order valence-corrected chi connectivity index (χ4v) is 1.64. The van der Waals surface area contributed by atoms with E-state index in [-0.39, 0.29) is 5.91 Å². The quantitative estimate of drug-likeness (QED) is 0.702. The largest absolute Gasteiger partial charge is 0.380 e. The van der Waals surface area contributed by atoms with Gasteiger partial charge in [-0.3, -0.25) is 4.79 Å². The third-order valence-electron chi connectivity index (χ3n) is 2.61. The summed E-state index contributed by atoms with van der Waals surface area (Å²) in [6, 6.07) is 8.10. The smallest absolute Gasteiger partial charge is 0.251 e. The van der Waals surface area contributed by atoms with Gasteiger partial charge in [-0.05, 0) is 25.1 Å². The maximum atomic E-state index is 11.6. The Balaban J connectivity index is 2.03. The van der Waals surface area contributed by atoms with Crippen LogP contribution in [0.2, 0.25) is 0 Å². The van der Waals surface area contributed by atoms with Crippen molar-refractivity contribution >= 4 is 11.6 Å². The summed E-state index contributed by atoms with van der Waals surface area (Å²) >= 11 is 0. The molecule has 2 rings (SSSR count). The molecule has 1 fully saturated rings. The van der Waals surface area contributed by atoms with Crippen LogP contribution < -0.4 is 16.0 Å². The van der Waals surface area contributed by atoms with Crippen LogP contribution in [0.4, 0.5) is 5.69 Å². The van der Waals surface area contributed by atoms with Crippen molar-refractivity contribution in [1.29, 1.82) is 0 Å². The lowest BCUT2D eigenvalue weighted by molar-refractivity contribution is 0.0956. The zero-order valence-electron chi connectivity index (χ0n) is 9.42. The highest BCUT2D eigenvalue weighted by atomic mass is 16.1. The molecule has 4 nitrogen and oxygen atoms in total. The van der Waals surface area contributed by atoms with Gasteiger partial charge < -0.3 is 16.0 Å². The van der Waals surface area contributed by atoms with Crippen LogP contribution in [-0.2, 0) is 0 Å². The molecule has 1 aromatic rings. The van der Waals surface area contributed by atoms with E-state index >= 15 is 0 Å². The predicted octanol–water partition coefficient (Wildman–Crippen LogP) is 0.820. The number of rotatable bonds is 4. The number of benzene rings is 1. The third-order valence-corrected chi connectivity index (χ3v) is 2.61. The lowest BCUT2D eigenvalue weighted by Gasteiger charge is -2.29. The fourth-order valence-electron chi connectivity index (χ4n) is 1.64. The molecule has 86 valence electrons. The van der Waals surface area contributed by atoms with Crippen molar-refractivity contribution in [3.8, 4) is 0 Å². The first-order valence-corrected chi connectivity index (χ1v) is 5.65. The average Bonchev–Trinajstić information content (AvgIpc) is 2.24. The Morgan fingerprint density at radius 2 is 2.31 bits per heavy atom. The summed E-state index contributed by atoms with van der Waals surface area (Å²) in [5.74, 6) is -0.0158. The van der Waals surface area contributed by atoms with E-state index in [9.17, 15) is 4.79 Å². The molecule has 0 aromatic heterocycles. The van der Waals surface area contributed by atoms with Gasteiger partial charge in [0.2, 0.25) is 0 Å². The molecule has 0 unspecified atom stereocenters. The molecule has 0 aliphatic carbocycles. The number of anilines is 1. The van der Waals surface area contributed by atoms with Crippen LogP contribution in [0.1, 0.15) is 17.3 Å². The molecular weight excluding hydrogens is 202 g/mol. The highest BCUT2D eigenvalue weighted by Gasteiger charge is 2.16. The summed E-state index contributed by atoms with van der Waals surface area (Å²) in [6.45, 7) is 4.56. The average molecular weight is 219 g/mol. The molecule has 1 aromatic carbocycles. The van der Waals surface area contributed by atoms with Crippen molar-refractivity contribution in [2.75, 3.05) is 25.0 Å². The van der Waals surface area contributed by atoms with Crippen molar-refractivity contribution < 1.29 is 4.79 Å². The summed E-state index contributed by atoms with van der Waals surface area (Å²) in [5, 5.41) is 9.36. The summed E-state index contributed by atoms with van der Waals surface area (Å²) in [4.78, 5) is 11.6. The Labute approximate surface area is 95.4 Å². The Morgan fingerprint density at radius 1 is 1.50 bits per heavy atom. The molecule has 4 heteroatoms. The molecule has 0 atom stereocenters. The van der Waals surface area contributed by atoms with E-state index < -0.39 is 0 Å². The van der Waals surface area contributed by atoms with Gasteiger partial charge in [0, 0.05) is 30.9 Å². The Morgan fingerprint density at radius 3 is 2.94 bits per heavy atom. The van der Waals surface area contributed by atoms with E-state index in [1.54, 1.807) is 0 Å². The Bertz CT molecular complexity index is 374. The lowest BCUT2D eigenvalue weighted by atomic mass is 10.1. The van der Waals surface area contributed by atoms with Gasteiger partial charge in [-0.1, -0.05) is 6.07 Å². The second-order valence-electron chi connectivity index (χ2n) is 3.94. The van der Waals surface area contributed by atoms with E-state index in [0.29, 0.717) is 18.2 Å². The lowest BCUT2D eigenvalue weighted by Crippen LogP contribution is -2.51. The van der Waals surface area contributed by atoms with Crippen LogP contribution in [0.5, 0.6) is 0 Å². The molecule has 1 saturated heterocycles. The Hall–Kier alpha value is -1.55. The highest BCUT2D eigenvalue weighted by molar-refractivity contribution is 5.95. The third kappa shape index (κ3) is 2.52. The van der Waals surface area contributed by atoms with Crippen LogP contribution in [0.25, 0.3) is 0 Å². The second kappa shape index (κ2) is 4.99. The van der Waals surface area contributed by atoms with Crippen molar-refractivity contribution in [2.45, 2.75) is 13.0 Å². The minimum Gasteiger partial charge on any atom is -0.380 e. The second-order valence-corrected chi connectivity index (χ2v) is 3.94. The summed E-state index contributed by atoms with van der Waals surface area (Å²) in [7, 11) is 0. The number of carbonyl (C=O) groups is 1. The van der Waals surface area contributed by atoms with Gasteiger partial charge in [0.15, 0.2) is 0 Å². The number of hydrogen-bond acceptors (Lipinski definition) is 3. The normalized spacial score (nSPS) is 15.3. The van der Waals surface area contributed by atoms with E-state index in [1.807, 2.05) is 31.2 Å². The van der Waals surface area contributed by atoms with Gasteiger partial charge in [-0.15, -0.1) is 0 Å². The number of carbonyl (C=O) groups excluding carboxylic acids is 1. The number of nitrogens with one attached hydrogen (secondary N) is 3. The van der Waals surface area contributed by atoms with Crippen LogP contribution in [0.3, 0.4) is 0 Å². The van der Waals surface area contributed by atoms with Gasteiger partial charge in [0.25, 0.3) is 5.91 Å². The van der Waals surface area contributed by atoms with E-state index in [0.717, 1.165) is 18.8 Å². The maximum absolute atomic E-state index is 11.6. The summed E-state index contributed by atoms with van der Waals surface area (Å²) < 4.78 is 0. The zero-order valence-corrected chi connectivity index (χ0v) is 9.42. The van der Waals surface area contributed by atoms with Crippen LogP contribution >= 0.6 is 0 Å². The van der Waals surface area contributed by atoms with Crippen molar-refractivity contribution in [3.63, 3.8) is 0 Å². The molecule has 16 heavy (non-hydrogen) atoms. The van der Waals surface area contributed by atoms with Gasteiger partial charge in [-0.2, -0.15) is 0 Å². The molecule has 1 aliphatic heterocycles. The van der Waals surface area contributed by atoms with E-state index in [4.69, 9.17) is 0 Å². The highest BCUT2D eigenvalue weighted by Crippen LogP contribution is 2.13. The standard InChI is InChI=1S/C12H17N3O/c1-2-14-12(16)9-4-3-5-10(6-9)15-11-7-13-8-11/h3-6,11,13,15H,2,7-8H2,1H3,(H,14,16). The monoisotopic (exact) mass is 219 g/mol. The van der Waals surface area contributed by atoms with E-state index in [2.05, 4.69) is 16.0 Å². The molecule has 0 bridgehead atoms. The molecule has 1 aliphatic rings. The van der Waals surface area contributed by atoms with Gasteiger partial charge >= 0.3 is 0 Å². The minimum atomic E-state index is -0.0158. The number of amides is 1. The maximum Gasteiger partial charge on any atom is 0.251 e. The topological polar surface area (TPSA) is 53.2 Å². The molecule has 1 amide bonds. The van der Waals surface area contributed by atoms with Gasteiger partial charge in [-0.25, -0.2) is 0 Å². The predicted molar refractivity (Wildman–Crippen MR) is 64.7 cm³/mol. The van der Waals surface area contributed by atoms with Crippen molar-refractivity contribution in [3.05, 3.63) is 29.8 Å². The SMILES string of the molecule is CCNC(=O)c1cccc(NC2CNC2)c1. The van der Waals surface area contributed by atoms with Crippen LogP contribution in [0.15, 0.2) is 24.3 Å². The van der Waals surface area contributed by atoms with Gasteiger partial charge in [0.1, 0.15) is 0 Å². The van der Waals surface area contributed by atoms with Crippen molar-refractivity contribution in [2.24, 2.45) is 0 Å². The molecule has 0 saturated carbocycles. The molecule has 0 radical (unpaired) electrons. The molecule has 0 spiro atoms. The Kier molecular flexibility index (Phi) is 3.41. The van der Waals surface area contributed by atoms with Crippen LogP contribution in [0, 0.1) is 0 Å². The zero-order chi connectivity index (χ0) is 11.4. The first-order chi connectivity index (χ1) is 7.79. The summed E-state index contributed by atoms with van der Waals surface area (Å²) in [6.07, 6.45) is 0. The summed E-state index contributed by atoms with van der Waals surface area (Å²) in [5.41, 5.74) is 1.72. The fraction of sp³-hybridized carbons (Fsp3) is 0.417. The molecular formula is C12H17N3O. The first kappa shape index (κ1) is 11.0. The van der Waals surface area contributed by atoms with E-state index in [1.165, 1.54) is 0 Å².